The normalized spacial score (nSPS) is 11.0. The first kappa shape index (κ1) is 18.1. The van der Waals surface area contributed by atoms with Gasteiger partial charge in [-0.1, -0.05) is 13.0 Å². The third-order valence-electron chi connectivity index (χ3n) is 3.39. The molecule has 0 heterocycles. The molecule has 0 fully saturated rings. The summed E-state index contributed by atoms with van der Waals surface area (Å²) in [5.74, 6) is 0.268. The van der Waals surface area contributed by atoms with Crippen molar-refractivity contribution in [1.29, 1.82) is 0 Å². The summed E-state index contributed by atoms with van der Waals surface area (Å²) < 4.78 is 5.51. The molecule has 7 nitrogen and oxygen atoms in total. The maximum absolute atomic E-state index is 12.1. The van der Waals surface area contributed by atoms with Gasteiger partial charge in [0.15, 0.2) is 0 Å². The molecule has 0 aliphatic carbocycles. The summed E-state index contributed by atoms with van der Waals surface area (Å²) in [6.07, 6.45) is 0.936. The minimum Gasteiger partial charge on any atom is -0.494 e. The van der Waals surface area contributed by atoms with Crippen LogP contribution in [0.3, 0.4) is 0 Å². The number of hydrogen-bond donors (Lipinski definition) is 1. The third-order valence-corrected chi connectivity index (χ3v) is 3.39. The summed E-state index contributed by atoms with van der Waals surface area (Å²) in [6, 6.07) is 12.9. The molecule has 0 aromatic heterocycles. The second-order valence-electron chi connectivity index (χ2n) is 5.32. The number of nitrogens with zero attached hydrogens (tertiary/aromatic N) is 2. The van der Waals surface area contributed by atoms with Crippen molar-refractivity contribution < 1.29 is 14.5 Å². The Morgan fingerprint density at radius 1 is 1.20 bits per heavy atom. The molecular weight excluding hydrogens is 322 g/mol. The highest BCUT2D eigenvalue weighted by Gasteiger charge is 2.11. The van der Waals surface area contributed by atoms with Crippen LogP contribution in [-0.2, 0) is 0 Å². The molecule has 2 aromatic rings. The van der Waals surface area contributed by atoms with Gasteiger partial charge in [-0.15, -0.1) is 0 Å². The van der Waals surface area contributed by atoms with E-state index in [1.807, 2.05) is 31.2 Å². The van der Waals surface area contributed by atoms with Gasteiger partial charge in [0, 0.05) is 17.7 Å². The maximum atomic E-state index is 12.1. The summed E-state index contributed by atoms with van der Waals surface area (Å²) in [7, 11) is 0. The summed E-state index contributed by atoms with van der Waals surface area (Å²) in [5.41, 5.74) is 3.89. The van der Waals surface area contributed by atoms with E-state index in [-0.39, 0.29) is 11.3 Å². The largest absolute Gasteiger partial charge is 0.494 e. The van der Waals surface area contributed by atoms with Gasteiger partial charge in [0.2, 0.25) is 0 Å². The highest BCUT2D eigenvalue weighted by Crippen LogP contribution is 2.14. The zero-order valence-electron chi connectivity index (χ0n) is 14.1. The fraction of sp³-hybridized carbons (Fsp3) is 0.222. The maximum Gasteiger partial charge on any atom is 0.271 e. The molecule has 0 bridgehead atoms. The van der Waals surface area contributed by atoms with Gasteiger partial charge >= 0.3 is 0 Å². The number of carbonyl (C=O) groups is 1. The number of carbonyl (C=O) groups excluding carboxylic acids is 1. The minimum atomic E-state index is -0.548. The number of nitro benzene ring substituents is 1. The first-order valence-corrected chi connectivity index (χ1v) is 7.83. The van der Waals surface area contributed by atoms with Gasteiger partial charge in [0.1, 0.15) is 5.75 Å². The number of nitrogens with one attached hydrogen (secondary N) is 1. The third kappa shape index (κ3) is 5.13. The molecule has 0 aliphatic heterocycles. The Bertz CT molecular complexity index is 785. The Morgan fingerprint density at radius 3 is 2.56 bits per heavy atom. The van der Waals surface area contributed by atoms with Crippen molar-refractivity contribution in [1.82, 2.24) is 5.43 Å². The van der Waals surface area contributed by atoms with Crippen molar-refractivity contribution in [3.63, 3.8) is 0 Å². The highest BCUT2D eigenvalue weighted by atomic mass is 16.6. The van der Waals surface area contributed by atoms with Crippen molar-refractivity contribution in [3.8, 4) is 5.75 Å². The molecule has 2 rings (SSSR count). The van der Waals surface area contributed by atoms with E-state index in [2.05, 4.69) is 10.5 Å². The summed E-state index contributed by atoms with van der Waals surface area (Å²) in [4.78, 5) is 22.3. The van der Waals surface area contributed by atoms with E-state index >= 15 is 0 Å². The summed E-state index contributed by atoms with van der Waals surface area (Å²) >= 11 is 0. The minimum absolute atomic E-state index is 0.143. The Kier molecular flexibility index (Phi) is 6.22. The van der Waals surface area contributed by atoms with Gasteiger partial charge in [0.05, 0.1) is 17.2 Å². The molecular formula is C18H19N3O4. The lowest BCUT2D eigenvalue weighted by atomic mass is 10.1. The Labute approximate surface area is 145 Å². The van der Waals surface area contributed by atoms with Crippen LogP contribution in [0, 0.1) is 10.1 Å². The van der Waals surface area contributed by atoms with E-state index in [0.717, 1.165) is 17.7 Å². The van der Waals surface area contributed by atoms with Crippen LogP contribution in [0.4, 0.5) is 5.69 Å². The molecule has 0 unspecified atom stereocenters. The first-order valence-electron chi connectivity index (χ1n) is 7.83. The number of rotatable bonds is 7. The number of ether oxygens (including phenoxy) is 1. The quantitative estimate of drug-likeness (QED) is 0.473. The first-order chi connectivity index (χ1) is 12.0. The summed E-state index contributed by atoms with van der Waals surface area (Å²) in [5, 5.41) is 14.8. The lowest BCUT2D eigenvalue weighted by Gasteiger charge is -2.06. The average molecular weight is 341 g/mol. The van der Waals surface area contributed by atoms with E-state index in [9.17, 15) is 14.9 Å². The van der Waals surface area contributed by atoms with Crippen molar-refractivity contribution in [2.45, 2.75) is 20.3 Å². The van der Waals surface area contributed by atoms with Gasteiger partial charge in [-0.2, -0.15) is 5.10 Å². The van der Waals surface area contributed by atoms with Crippen molar-refractivity contribution in [2.75, 3.05) is 6.61 Å². The van der Waals surface area contributed by atoms with Crippen LogP contribution in [0.5, 0.6) is 5.75 Å². The number of nitro groups is 1. The second kappa shape index (κ2) is 8.58. The van der Waals surface area contributed by atoms with E-state index in [1.165, 1.54) is 24.3 Å². The molecule has 130 valence electrons. The molecule has 0 saturated carbocycles. The molecule has 7 heteroatoms. The van der Waals surface area contributed by atoms with Crippen LogP contribution in [-0.4, -0.2) is 23.1 Å². The Balaban J connectivity index is 2.03. The van der Waals surface area contributed by atoms with Gasteiger partial charge in [-0.05, 0) is 49.2 Å². The van der Waals surface area contributed by atoms with Crippen LogP contribution >= 0.6 is 0 Å². The Morgan fingerprint density at radius 2 is 1.92 bits per heavy atom. The van der Waals surface area contributed by atoms with Gasteiger partial charge in [-0.25, -0.2) is 5.43 Å². The van der Waals surface area contributed by atoms with Crippen LogP contribution in [0.25, 0.3) is 0 Å². The predicted molar refractivity (Wildman–Crippen MR) is 95.0 cm³/mol. The molecule has 0 atom stereocenters. The second-order valence-corrected chi connectivity index (χ2v) is 5.32. The number of benzene rings is 2. The smallest absolute Gasteiger partial charge is 0.271 e. The predicted octanol–water partition coefficient (Wildman–Crippen LogP) is 3.54. The lowest BCUT2D eigenvalue weighted by Crippen LogP contribution is -2.19. The number of non-ortho nitro benzene ring substituents is 1. The van der Waals surface area contributed by atoms with E-state index in [1.54, 1.807) is 6.92 Å². The van der Waals surface area contributed by atoms with Crippen molar-refractivity contribution >= 4 is 17.3 Å². The number of hydrazone groups is 1. The van der Waals surface area contributed by atoms with Crippen LogP contribution < -0.4 is 10.2 Å². The molecule has 0 aliphatic rings. The van der Waals surface area contributed by atoms with Crippen LogP contribution in [0.1, 0.15) is 36.2 Å². The molecule has 2 aromatic carbocycles. The van der Waals surface area contributed by atoms with Gasteiger partial charge < -0.3 is 4.74 Å². The van der Waals surface area contributed by atoms with Gasteiger partial charge in [0.25, 0.3) is 11.6 Å². The zero-order valence-corrected chi connectivity index (χ0v) is 14.1. The number of hydrogen-bond acceptors (Lipinski definition) is 5. The van der Waals surface area contributed by atoms with Crippen molar-refractivity contribution in [2.24, 2.45) is 5.10 Å². The molecule has 0 radical (unpaired) electrons. The van der Waals surface area contributed by atoms with E-state index in [4.69, 9.17) is 4.74 Å². The monoisotopic (exact) mass is 341 g/mol. The van der Waals surface area contributed by atoms with Crippen molar-refractivity contribution in [3.05, 3.63) is 69.8 Å². The standard InChI is InChI=1S/C18H19N3O4/c1-3-11-25-17-9-7-14(8-10-17)13(2)19-20-18(22)15-5-4-6-16(12-15)21(23)24/h4-10,12H,3,11H2,1-2H3,(H,20,22)/b19-13-. The van der Waals surface area contributed by atoms with Crippen LogP contribution in [0.2, 0.25) is 0 Å². The fourth-order valence-electron chi connectivity index (χ4n) is 2.04. The van der Waals surface area contributed by atoms with E-state index < -0.39 is 10.8 Å². The average Bonchev–Trinajstić information content (AvgIpc) is 2.64. The number of amides is 1. The topological polar surface area (TPSA) is 93.8 Å². The Hall–Kier alpha value is -3.22. The molecule has 0 spiro atoms. The van der Waals surface area contributed by atoms with Crippen LogP contribution in [0.15, 0.2) is 53.6 Å². The lowest BCUT2D eigenvalue weighted by molar-refractivity contribution is -0.384. The molecule has 1 amide bonds. The molecule has 1 N–H and O–H groups in total. The summed E-state index contributed by atoms with van der Waals surface area (Å²) in [6.45, 7) is 4.45. The fourth-order valence-corrected chi connectivity index (χ4v) is 2.04. The molecule has 25 heavy (non-hydrogen) atoms. The highest BCUT2D eigenvalue weighted by molar-refractivity contribution is 6.01. The SMILES string of the molecule is CCCOc1ccc(/C(C)=N\NC(=O)c2cccc([N+](=O)[O-])c2)cc1. The van der Waals surface area contributed by atoms with Gasteiger partial charge in [-0.3, -0.25) is 14.9 Å². The van der Waals surface area contributed by atoms with E-state index in [0.29, 0.717) is 12.3 Å². The molecule has 0 saturated heterocycles. The zero-order chi connectivity index (χ0) is 18.2.